The Morgan fingerprint density at radius 2 is 1.77 bits per heavy atom. The van der Waals surface area contributed by atoms with Crippen molar-refractivity contribution in [2.75, 3.05) is 6.54 Å². The molecule has 1 aliphatic rings. The first kappa shape index (κ1) is 24.3. The molecule has 0 radical (unpaired) electrons. The van der Waals surface area contributed by atoms with Gasteiger partial charge in [0.05, 0.1) is 0 Å². The number of halogens is 1. The number of carbonyl (C=O) groups excluding carboxylic acids is 1. The minimum Gasteiger partial charge on any atom is -0.356 e. The average Bonchev–Trinajstić information content (AvgIpc) is 2.56. The number of hydrogen-bond donors (Lipinski definition) is 2. The molecule has 0 aromatic heterocycles. The Balaban J connectivity index is 0. The van der Waals surface area contributed by atoms with Gasteiger partial charge < -0.3 is 5.32 Å². The second-order valence-electron chi connectivity index (χ2n) is 5.14. The Hall–Kier alpha value is 0.0800. The number of rotatable bonds is 8. The molecule has 0 aromatic rings. The van der Waals surface area contributed by atoms with Gasteiger partial charge >= 0.3 is 0 Å². The lowest BCUT2D eigenvalue weighted by Gasteiger charge is -2.20. The summed E-state index contributed by atoms with van der Waals surface area (Å²) in [5.41, 5.74) is 2.84. The van der Waals surface area contributed by atoms with Crippen LogP contribution in [0.4, 0.5) is 0 Å². The van der Waals surface area contributed by atoms with E-state index in [4.69, 9.17) is 0 Å². The topological polar surface area (TPSA) is 59.6 Å². The fourth-order valence-corrected chi connectivity index (χ4v) is 2.23. The normalized spacial score (nSPS) is 14.2. The molecular formula is C16H35IN2O3. The Kier molecular flexibility index (Phi) is 23.3. The predicted octanol–water partition coefficient (Wildman–Crippen LogP) is 4.85. The van der Waals surface area contributed by atoms with E-state index in [1.807, 2.05) is 13.8 Å². The molecule has 0 atom stereocenters. The number of amides is 1. The fourth-order valence-electron chi connectivity index (χ4n) is 2.12. The molecule has 0 unspecified atom stereocenters. The van der Waals surface area contributed by atoms with Crippen LogP contribution in [-0.4, -0.2) is 18.5 Å². The summed E-state index contributed by atoms with van der Waals surface area (Å²) in [7, 11) is 0. The molecule has 0 bridgehead atoms. The predicted molar refractivity (Wildman–Crippen MR) is 100 cm³/mol. The van der Waals surface area contributed by atoms with E-state index < -0.39 is 0 Å². The summed E-state index contributed by atoms with van der Waals surface area (Å²) in [4.78, 5) is 15.0. The van der Waals surface area contributed by atoms with Crippen molar-refractivity contribution in [1.82, 2.24) is 10.8 Å². The standard InChI is InChI=1S/C8H17NO.C6H12INO2.C2H6/c1-3-4-5-6-7-9-8(2)10;7-9-10-8-6-4-2-1-3-5-6;1-2/h3-7H2,1-2H3,(H,9,10);6,8H,1-5H2;1-2H3. The van der Waals surface area contributed by atoms with Crippen LogP contribution in [0.2, 0.25) is 0 Å². The molecule has 1 rings (SSSR count). The lowest BCUT2D eigenvalue weighted by molar-refractivity contribution is -0.234. The van der Waals surface area contributed by atoms with E-state index in [9.17, 15) is 4.79 Å². The SMILES string of the molecule is CC.CCCCCCNC(C)=O.IOONC1CCCCC1. The van der Waals surface area contributed by atoms with E-state index in [0.29, 0.717) is 6.04 Å². The van der Waals surface area contributed by atoms with E-state index in [0.717, 1.165) is 13.0 Å². The Bertz CT molecular complexity index is 225. The molecule has 0 heterocycles. The van der Waals surface area contributed by atoms with Crippen molar-refractivity contribution < 1.29 is 13.0 Å². The van der Waals surface area contributed by atoms with Crippen molar-refractivity contribution in [1.29, 1.82) is 0 Å². The molecule has 2 N–H and O–H groups in total. The summed E-state index contributed by atoms with van der Waals surface area (Å²) < 4.78 is 4.40. The third-order valence-electron chi connectivity index (χ3n) is 3.26. The summed E-state index contributed by atoms with van der Waals surface area (Å²) in [5.74, 6) is 0.0801. The van der Waals surface area contributed by atoms with Gasteiger partial charge in [-0.15, -0.1) is 8.21 Å². The maximum absolute atomic E-state index is 10.4. The summed E-state index contributed by atoms with van der Waals surface area (Å²) in [6.07, 6.45) is 11.3. The maximum atomic E-state index is 10.4. The Labute approximate surface area is 150 Å². The lowest BCUT2D eigenvalue weighted by Crippen LogP contribution is -2.30. The number of hydrogen-bond acceptors (Lipinski definition) is 4. The van der Waals surface area contributed by atoms with Crippen molar-refractivity contribution >= 4 is 28.9 Å². The van der Waals surface area contributed by atoms with Gasteiger partial charge in [0, 0.05) is 19.5 Å². The quantitative estimate of drug-likeness (QED) is 0.250. The highest BCUT2D eigenvalue weighted by Crippen LogP contribution is 2.17. The second kappa shape index (κ2) is 21.1. The van der Waals surface area contributed by atoms with Gasteiger partial charge in [-0.3, -0.25) is 4.79 Å². The van der Waals surface area contributed by atoms with Crippen molar-refractivity contribution in [2.45, 2.75) is 91.5 Å². The maximum Gasteiger partial charge on any atom is 0.216 e. The lowest BCUT2D eigenvalue weighted by atomic mass is 9.96. The zero-order valence-corrected chi connectivity index (χ0v) is 16.9. The summed E-state index contributed by atoms with van der Waals surface area (Å²) in [6, 6.07) is 0.503. The van der Waals surface area contributed by atoms with Crippen LogP contribution in [0.5, 0.6) is 0 Å². The van der Waals surface area contributed by atoms with Crippen LogP contribution in [0.1, 0.15) is 85.5 Å². The first-order valence-electron chi connectivity index (χ1n) is 8.65. The van der Waals surface area contributed by atoms with Gasteiger partial charge in [-0.05, 0) is 19.3 Å². The highest BCUT2D eigenvalue weighted by Gasteiger charge is 2.12. The molecule has 0 aromatic carbocycles. The van der Waals surface area contributed by atoms with Crippen molar-refractivity contribution in [2.24, 2.45) is 0 Å². The molecule has 1 fully saturated rings. The van der Waals surface area contributed by atoms with Crippen LogP contribution in [0, 0.1) is 0 Å². The van der Waals surface area contributed by atoms with Crippen LogP contribution in [-0.2, 0) is 13.0 Å². The second-order valence-corrected chi connectivity index (χ2v) is 5.50. The molecule has 1 amide bonds. The van der Waals surface area contributed by atoms with Crippen LogP contribution in [0.25, 0.3) is 0 Å². The summed E-state index contributed by atoms with van der Waals surface area (Å²) in [5, 5.41) is 2.77. The van der Waals surface area contributed by atoms with Crippen LogP contribution < -0.4 is 10.8 Å². The van der Waals surface area contributed by atoms with Gasteiger partial charge in [0.25, 0.3) is 0 Å². The first-order chi connectivity index (χ1) is 10.7. The molecule has 0 spiro atoms. The molecule has 6 heteroatoms. The van der Waals surface area contributed by atoms with E-state index in [1.54, 1.807) is 29.9 Å². The summed E-state index contributed by atoms with van der Waals surface area (Å²) in [6.45, 7) is 8.58. The van der Waals surface area contributed by atoms with E-state index in [2.05, 4.69) is 25.9 Å². The van der Waals surface area contributed by atoms with Gasteiger partial charge in [0.2, 0.25) is 5.91 Å². The van der Waals surface area contributed by atoms with Crippen LogP contribution >= 0.6 is 23.0 Å². The van der Waals surface area contributed by atoms with Gasteiger partial charge in [-0.1, -0.05) is 59.3 Å². The fraction of sp³-hybridized carbons (Fsp3) is 0.938. The molecule has 1 aliphatic carbocycles. The largest absolute Gasteiger partial charge is 0.356 e. The average molecular weight is 430 g/mol. The van der Waals surface area contributed by atoms with E-state index >= 15 is 0 Å². The van der Waals surface area contributed by atoms with Gasteiger partial charge in [-0.2, -0.15) is 5.48 Å². The third kappa shape index (κ3) is 20.1. The molecule has 22 heavy (non-hydrogen) atoms. The van der Waals surface area contributed by atoms with Crippen molar-refractivity contribution in [3.8, 4) is 0 Å². The minimum absolute atomic E-state index is 0.0801. The smallest absolute Gasteiger partial charge is 0.216 e. The monoisotopic (exact) mass is 430 g/mol. The number of carbonyl (C=O) groups is 1. The van der Waals surface area contributed by atoms with Crippen LogP contribution in [0.15, 0.2) is 0 Å². The van der Waals surface area contributed by atoms with E-state index in [-0.39, 0.29) is 5.91 Å². The molecule has 0 aliphatic heterocycles. The zero-order valence-electron chi connectivity index (χ0n) is 14.8. The summed E-state index contributed by atoms with van der Waals surface area (Å²) >= 11 is 1.70. The Morgan fingerprint density at radius 1 is 1.14 bits per heavy atom. The molecule has 5 nitrogen and oxygen atoms in total. The molecule has 134 valence electrons. The zero-order chi connectivity index (χ0) is 17.1. The number of hydroxylamine groups is 1. The first-order valence-corrected chi connectivity index (χ1v) is 9.53. The minimum atomic E-state index is 0.0801. The molecule has 0 saturated heterocycles. The van der Waals surface area contributed by atoms with Crippen LogP contribution in [0.3, 0.4) is 0 Å². The molecular weight excluding hydrogens is 395 g/mol. The number of unbranched alkanes of at least 4 members (excludes halogenated alkanes) is 3. The Morgan fingerprint density at radius 3 is 2.27 bits per heavy atom. The third-order valence-corrected chi connectivity index (χ3v) is 3.44. The van der Waals surface area contributed by atoms with E-state index in [1.165, 1.54) is 51.4 Å². The van der Waals surface area contributed by atoms with Gasteiger partial charge in [-0.25, -0.2) is 0 Å². The van der Waals surface area contributed by atoms with Crippen molar-refractivity contribution in [3.05, 3.63) is 0 Å². The molecule has 1 saturated carbocycles. The highest BCUT2D eigenvalue weighted by molar-refractivity contribution is 14.1. The highest BCUT2D eigenvalue weighted by atomic mass is 127. The van der Waals surface area contributed by atoms with Gasteiger partial charge in [0.1, 0.15) is 0 Å². The van der Waals surface area contributed by atoms with Crippen molar-refractivity contribution in [3.63, 3.8) is 0 Å². The van der Waals surface area contributed by atoms with Gasteiger partial charge in [0.15, 0.2) is 23.0 Å². The number of nitrogens with one attached hydrogen (secondary N) is 2.